The van der Waals surface area contributed by atoms with Crippen molar-refractivity contribution in [3.63, 3.8) is 0 Å². The summed E-state index contributed by atoms with van der Waals surface area (Å²) in [6, 6.07) is 3.89. The molecule has 0 aliphatic rings. The molecule has 17 heavy (non-hydrogen) atoms. The summed E-state index contributed by atoms with van der Waals surface area (Å²) in [5, 5.41) is 7.42. The molecule has 5 heteroatoms. The van der Waals surface area contributed by atoms with Crippen LogP contribution in [0.15, 0.2) is 17.5 Å². The number of amides is 2. The van der Waals surface area contributed by atoms with Gasteiger partial charge in [0.25, 0.3) is 0 Å². The van der Waals surface area contributed by atoms with Crippen LogP contribution in [0.2, 0.25) is 0 Å². The van der Waals surface area contributed by atoms with Gasteiger partial charge in [0.1, 0.15) is 0 Å². The second-order valence-electron chi connectivity index (χ2n) is 4.34. The van der Waals surface area contributed by atoms with Crippen molar-refractivity contribution in [2.24, 2.45) is 0 Å². The van der Waals surface area contributed by atoms with Gasteiger partial charge < -0.3 is 10.6 Å². The highest BCUT2D eigenvalue weighted by Crippen LogP contribution is 2.27. The van der Waals surface area contributed by atoms with E-state index in [2.05, 4.69) is 10.6 Å². The summed E-state index contributed by atoms with van der Waals surface area (Å²) in [4.78, 5) is 23.7. The molecule has 0 saturated carbocycles. The van der Waals surface area contributed by atoms with Crippen molar-refractivity contribution in [3.05, 3.63) is 22.4 Å². The quantitative estimate of drug-likeness (QED) is 0.778. The lowest BCUT2D eigenvalue weighted by molar-refractivity contribution is -0.126. The Balaban J connectivity index is 2.44. The van der Waals surface area contributed by atoms with Crippen molar-refractivity contribution in [1.29, 1.82) is 0 Å². The summed E-state index contributed by atoms with van der Waals surface area (Å²) in [5.74, 6) is -0.109. The Morgan fingerprint density at radius 3 is 2.47 bits per heavy atom. The number of carbonyl (C=O) groups is 2. The van der Waals surface area contributed by atoms with E-state index in [-0.39, 0.29) is 11.8 Å². The molecule has 0 saturated heterocycles. The van der Waals surface area contributed by atoms with Crippen molar-refractivity contribution < 1.29 is 9.59 Å². The molecule has 0 aliphatic heterocycles. The van der Waals surface area contributed by atoms with Gasteiger partial charge in [0.2, 0.25) is 11.8 Å². The molecule has 94 valence electrons. The van der Waals surface area contributed by atoms with E-state index < -0.39 is 5.41 Å². The maximum Gasteiger partial charge on any atom is 0.230 e. The van der Waals surface area contributed by atoms with Crippen molar-refractivity contribution >= 4 is 23.2 Å². The second-order valence-corrected chi connectivity index (χ2v) is 5.29. The van der Waals surface area contributed by atoms with Gasteiger partial charge >= 0.3 is 0 Å². The fraction of sp³-hybridized carbons (Fsp3) is 0.500. The molecule has 4 nitrogen and oxygen atoms in total. The van der Waals surface area contributed by atoms with E-state index >= 15 is 0 Å². The Hall–Kier alpha value is -1.36. The van der Waals surface area contributed by atoms with E-state index in [1.54, 1.807) is 11.3 Å². The highest BCUT2D eigenvalue weighted by Gasteiger charge is 2.30. The van der Waals surface area contributed by atoms with Gasteiger partial charge in [-0.1, -0.05) is 6.07 Å². The fourth-order valence-corrected chi connectivity index (χ4v) is 2.23. The molecule has 0 aliphatic carbocycles. The number of rotatable bonds is 5. The minimum atomic E-state index is -0.523. The first-order valence-electron chi connectivity index (χ1n) is 5.51. The van der Waals surface area contributed by atoms with Crippen molar-refractivity contribution in [2.45, 2.75) is 26.2 Å². The van der Waals surface area contributed by atoms with Crippen molar-refractivity contribution in [2.75, 3.05) is 13.1 Å². The Morgan fingerprint density at radius 1 is 1.29 bits per heavy atom. The normalized spacial score (nSPS) is 11.0. The molecule has 1 heterocycles. The third kappa shape index (κ3) is 3.85. The molecule has 1 aromatic heterocycles. The standard InChI is InChI=1S/C12H18N2O2S/c1-9(15)13-6-7-14-11(16)12(2,3)10-5-4-8-17-10/h4-5,8H,6-7H2,1-3H3,(H,13,15)(H,14,16). The number of hydrogen-bond acceptors (Lipinski definition) is 3. The zero-order chi connectivity index (χ0) is 12.9. The average Bonchev–Trinajstić information content (AvgIpc) is 2.77. The van der Waals surface area contributed by atoms with Crippen molar-refractivity contribution in [3.8, 4) is 0 Å². The second kappa shape index (κ2) is 5.82. The van der Waals surface area contributed by atoms with E-state index in [1.165, 1.54) is 6.92 Å². The summed E-state index contributed by atoms with van der Waals surface area (Å²) in [5.41, 5.74) is -0.523. The third-order valence-corrected chi connectivity index (χ3v) is 3.68. The minimum absolute atomic E-state index is 0.0229. The number of hydrogen-bond donors (Lipinski definition) is 2. The smallest absolute Gasteiger partial charge is 0.230 e. The molecular formula is C12H18N2O2S. The Labute approximate surface area is 105 Å². The lowest BCUT2D eigenvalue weighted by atomic mass is 9.90. The van der Waals surface area contributed by atoms with Crippen LogP contribution in [0.4, 0.5) is 0 Å². The molecule has 0 radical (unpaired) electrons. The lowest BCUT2D eigenvalue weighted by Gasteiger charge is -2.22. The van der Waals surface area contributed by atoms with Gasteiger partial charge in [0.05, 0.1) is 5.41 Å². The van der Waals surface area contributed by atoms with E-state index in [4.69, 9.17) is 0 Å². The van der Waals surface area contributed by atoms with Crippen LogP contribution in [-0.2, 0) is 15.0 Å². The van der Waals surface area contributed by atoms with E-state index in [1.807, 2.05) is 31.4 Å². The third-order valence-electron chi connectivity index (χ3n) is 2.49. The van der Waals surface area contributed by atoms with Gasteiger partial charge in [-0.15, -0.1) is 11.3 Å². The van der Waals surface area contributed by atoms with Gasteiger partial charge in [-0.3, -0.25) is 9.59 Å². The number of carbonyl (C=O) groups excluding carboxylic acids is 2. The average molecular weight is 254 g/mol. The zero-order valence-corrected chi connectivity index (χ0v) is 11.2. The number of nitrogens with one attached hydrogen (secondary N) is 2. The first kappa shape index (κ1) is 13.7. The molecule has 0 aromatic carbocycles. The largest absolute Gasteiger partial charge is 0.355 e. The van der Waals surface area contributed by atoms with Gasteiger partial charge in [0.15, 0.2) is 0 Å². The predicted molar refractivity (Wildman–Crippen MR) is 69.0 cm³/mol. The Morgan fingerprint density at radius 2 is 1.94 bits per heavy atom. The minimum Gasteiger partial charge on any atom is -0.355 e. The monoisotopic (exact) mass is 254 g/mol. The Bertz CT molecular complexity index is 385. The zero-order valence-electron chi connectivity index (χ0n) is 10.4. The summed E-state index contributed by atoms with van der Waals surface area (Å²) >= 11 is 1.57. The lowest BCUT2D eigenvalue weighted by Crippen LogP contribution is -2.42. The van der Waals surface area contributed by atoms with Crippen LogP contribution < -0.4 is 10.6 Å². The van der Waals surface area contributed by atoms with Crippen LogP contribution >= 0.6 is 11.3 Å². The summed E-state index contributed by atoms with van der Waals surface area (Å²) < 4.78 is 0. The maximum absolute atomic E-state index is 12.0. The molecule has 0 spiro atoms. The molecule has 0 bridgehead atoms. The predicted octanol–water partition coefficient (Wildman–Crippen LogP) is 1.28. The maximum atomic E-state index is 12.0. The van der Waals surface area contributed by atoms with Gasteiger partial charge in [-0.25, -0.2) is 0 Å². The van der Waals surface area contributed by atoms with Crippen molar-refractivity contribution in [1.82, 2.24) is 10.6 Å². The van der Waals surface area contributed by atoms with Crippen LogP contribution in [0.1, 0.15) is 25.6 Å². The molecule has 0 atom stereocenters. The summed E-state index contributed by atoms with van der Waals surface area (Å²) in [7, 11) is 0. The highest BCUT2D eigenvalue weighted by atomic mass is 32.1. The van der Waals surface area contributed by atoms with Crippen LogP contribution in [0.25, 0.3) is 0 Å². The molecule has 0 unspecified atom stereocenters. The molecule has 0 fully saturated rings. The van der Waals surface area contributed by atoms with Gasteiger partial charge in [-0.2, -0.15) is 0 Å². The van der Waals surface area contributed by atoms with Crippen LogP contribution in [0.5, 0.6) is 0 Å². The summed E-state index contributed by atoms with van der Waals surface area (Å²) in [6.07, 6.45) is 0. The van der Waals surface area contributed by atoms with Crippen LogP contribution in [0, 0.1) is 0 Å². The van der Waals surface area contributed by atoms with E-state index in [0.29, 0.717) is 13.1 Å². The topological polar surface area (TPSA) is 58.2 Å². The van der Waals surface area contributed by atoms with Gasteiger partial charge in [0, 0.05) is 24.9 Å². The Kier molecular flexibility index (Phi) is 4.69. The molecule has 1 aromatic rings. The first-order valence-corrected chi connectivity index (χ1v) is 6.39. The van der Waals surface area contributed by atoms with Crippen LogP contribution in [0.3, 0.4) is 0 Å². The molecule has 2 amide bonds. The molecular weight excluding hydrogens is 236 g/mol. The van der Waals surface area contributed by atoms with E-state index in [0.717, 1.165) is 4.88 Å². The SMILES string of the molecule is CC(=O)NCCNC(=O)C(C)(C)c1cccs1. The van der Waals surface area contributed by atoms with Gasteiger partial charge in [-0.05, 0) is 25.3 Å². The summed E-state index contributed by atoms with van der Waals surface area (Å²) in [6.45, 7) is 6.16. The fourth-order valence-electron chi connectivity index (χ4n) is 1.38. The number of thiophene rings is 1. The van der Waals surface area contributed by atoms with E-state index in [9.17, 15) is 9.59 Å². The highest BCUT2D eigenvalue weighted by molar-refractivity contribution is 7.10. The molecule has 1 rings (SSSR count). The first-order chi connectivity index (χ1) is 7.94. The van der Waals surface area contributed by atoms with Crippen LogP contribution in [-0.4, -0.2) is 24.9 Å². The molecule has 2 N–H and O–H groups in total.